The first-order valence-corrected chi connectivity index (χ1v) is 6.57. The van der Waals surface area contributed by atoms with Crippen LogP contribution in [0.4, 0.5) is 5.69 Å². The van der Waals surface area contributed by atoms with Crippen LogP contribution >= 0.6 is 0 Å². The summed E-state index contributed by atoms with van der Waals surface area (Å²) < 4.78 is 7.64. The predicted octanol–water partition coefficient (Wildman–Crippen LogP) is 0.372. The van der Waals surface area contributed by atoms with Gasteiger partial charge in [-0.1, -0.05) is 0 Å². The molecule has 0 saturated carbocycles. The second-order valence-electron chi connectivity index (χ2n) is 4.68. The largest absolute Gasteiger partial charge is 0.497 e. The molecule has 0 atom stereocenters. The van der Waals surface area contributed by atoms with Gasteiger partial charge in [0, 0.05) is 30.6 Å². The molecule has 2 aromatic heterocycles. The number of aryl methyl sites for hydroxylation is 2. The van der Waals surface area contributed by atoms with Gasteiger partial charge in [-0.25, -0.2) is 4.79 Å². The van der Waals surface area contributed by atoms with Crippen molar-refractivity contribution in [2.75, 3.05) is 12.8 Å². The molecule has 2 heterocycles. The highest BCUT2D eigenvalue weighted by Gasteiger charge is 2.10. The fourth-order valence-corrected chi connectivity index (χ4v) is 2.11. The van der Waals surface area contributed by atoms with Crippen LogP contribution in [0.2, 0.25) is 0 Å². The van der Waals surface area contributed by atoms with Crippen LogP contribution in [0.3, 0.4) is 0 Å². The van der Waals surface area contributed by atoms with Gasteiger partial charge in [-0.2, -0.15) is 0 Å². The summed E-state index contributed by atoms with van der Waals surface area (Å²) in [6.45, 7) is 4.12. The number of pyridine rings is 1. The SMILES string of the molecule is CCn1cc(N)c(=O)n(Cc2cc(OC)cc(C)n2)c1=O. The molecule has 112 valence electrons. The maximum absolute atomic E-state index is 12.2. The molecule has 0 saturated heterocycles. The second-order valence-corrected chi connectivity index (χ2v) is 4.68. The van der Waals surface area contributed by atoms with Crippen LogP contribution in [-0.2, 0) is 13.1 Å². The van der Waals surface area contributed by atoms with E-state index in [1.54, 1.807) is 19.2 Å². The minimum absolute atomic E-state index is 0.0380. The number of anilines is 1. The van der Waals surface area contributed by atoms with E-state index in [4.69, 9.17) is 10.5 Å². The van der Waals surface area contributed by atoms with Gasteiger partial charge in [0.15, 0.2) is 0 Å². The molecular weight excluding hydrogens is 272 g/mol. The van der Waals surface area contributed by atoms with E-state index in [9.17, 15) is 9.59 Å². The van der Waals surface area contributed by atoms with E-state index in [1.165, 1.54) is 10.8 Å². The van der Waals surface area contributed by atoms with Crippen molar-refractivity contribution in [3.05, 3.63) is 50.6 Å². The Balaban J connectivity index is 2.54. The summed E-state index contributed by atoms with van der Waals surface area (Å²) in [6.07, 6.45) is 1.37. The summed E-state index contributed by atoms with van der Waals surface area (Å²) in [6, 6.07) is 3.47. The van der Waals surface area contributed by atoms with Crippen molar-refractivity contribution in [3.63, 3.8) is 0 Å². The highest BCUT2D eigenvalue weighted by Crippen LogP contribution is 2.13. The number of methoxy groups -OCH3 is 1. The van der Waals surface area contributed by atoms with Crippen molar-refractivity contribution in [1.29, 1.82) is 0 Å². The average Bonchev–Trinajstić information content (AvgIpc) is 2.46. The highest BCUT2D eigenvalue weighted by molar-refractivity contribution is 5.32. The number of hydrogen-bond donors (Lipinski definition) is 1. The topological polar surface area (TPSA) is 92.1 Å². The molecule has 7 nitrogen and oxygen atoms in total. The summed E-state index contributed by atoms with van der Waals surface area (Å²) in [4.78, 5) is 28.6. The molecule has 0 radical (unpaired) electrons. The van der Waals surface area contributed by atoms with E-state index < -0.39 is 11.2 Å². The number of aromatic nitrogens is 3. The quantitative estimate of drug-likeness (QED) is 0.878. The van der Waals surface area contributed by atoms with Crippen LogP contribution in [0.15, 0.2) is 27.9 Å². The third-order valence-electron chi connectivity index (χ3n) is 3.14. The molecule has 0 aliphatic carbocycles. The van der Waals surface area contributed by atoms with E-state index in [0.29, 0.717) is 18.0 Å². The van der Waals surface area contributed by atoms with Crippen LogP contribution in [0.5, 0.6) is 5.75 Å². The normalized spacial score (nSPS) is 10.6. The van der Waals surface area contributed by atoms with Crippen LogP contribution in [0, 0.1) is 6.92 Å². The fourth-order valence-electron chi connectivity index (χ4n) is 2.11. The Hall–Kier alpha value is -2.57. The zero-order valence-electron chi connectivity index (χ0n) is 12.3. The number of ether oxygens (including phenoxy) is 1. The van der Waals surface area contributed by atoms with Crippen LogP contribution in [0.25, 0.3) is 0 Å². The summed E-state index contributed by atoms with van der Waals surface area (Å²) in [5, 5.41) is 0. The highest BCUT2D eigenvalue weighted by atomic mass is 16.5. The predicted molar refractivity (Wildman–Crippen MR) is 79.7 cm³/mol. The molecule has 2 aromatic rings. The number of hydrogen-bond acceptors (Lipinski definition) is 5. The van der Waals surface area contributed by atoms with Gasteiger partial charge in [0.05, 0.1) is 19.3 Å². The number of nitrogens with zero attached hydrogens (tertiary/aromatic N) is 3. The monoisotopic (exact) mass is 290 g/mol. The molecule has 0 unspecified atom stereocenters. The van der Waals surface area contributed by atoms with Gasteiger partial charge in [-0.15, -0.1) is 0 Å². The molecule has 0 aliphatic rings. The van der Waals surface area contributed by atoms with Crippen molar-refractivity contribution in [1.82, 2.24) is 14.1 Å². The van der Waals surface area contributed by atoms with Crippen LogP contribution in [0.1, 0.15) is 18.3 Å². The molecular formula is C14H18N4O3. The first kappa shape index (κ1) is 14.8. The molecule has 2 N–H and O–H groups in total. The lowest BCUT2D eigenvalue weighted by Crippen LogP contribution is -2.40. The Morgan fingerprint density at radius 3 is 2.67 bits per heavy atom. The smallest absolute Gasteiger partial charge is 0.331 e. The van der Waals surface area contributed by atoms with Crippen molar-refractivity contribution in [2.45, 2.75) is 26.9 Å². The molecule has 0 aliphatic heterocycles. The molecule has 2 rings (SSSR count). The lowest BCUT2D eigenvalue weighted by Gasteiger charge is -2.11. The van der Waals surface area contributed by atoms with Crippen LogP contribution < -0.4 is 21.7 Å². The standard InChI is InChI=1S/C14H18N4O3/c1-4-17-8-12(15)13(19)18(14(17)20)7-10-6-11(21-3)5-9(2)16-10/h5-6,8H,4,7,15H2,1-3H3. The summed E-state index contributed by atoms with van der Waals surface area (Å²) >= 11 is 0. The third-order valence-corrected chi connectivity index (χ3v) is 3.14. The Morgan fingerprint density at radius 1 is 1.33 bits per heavy atom. The molecule has 0 aromatic carbocycles. The molecule has 0 amide bonds. The number of nitrogens with two attached hydrogens (primary N) is 1. The van der Waals surface area contributed by atoms with Gasteiger partial charge < -0.3 is 10.5 Å². The molecule has 0 fully saturated rings. The van der Waals surface area contributed by atoms with Crippen molar-refractivity contribution < 1.29 is 4.74 Å². The number of nitrogen functional groups attached to an aromatic ring is 1. The van der Waals surface area contributed by atoms with E-state index in [-0.39, 0.29) is 12.2 Å². The summed E-state index contributed by atoms with van der Waals surface area (Å²) in [5.41, 5.74) is 6.11. The Labute approximate surface area is 121 Å². The van der Waals surface area contributed by atoms with Crippen LogP contribution in [-0.4, -0.2) is 21.2 Å². The first-order chi connectivity index (χ1) is 9.96. The van der Waals surface area contributed by atoms with Crippen molar-refractivity contribution >= 4 is 5.69 Å². The van der Waals surface area contributed by atoms with Crippen molar-refractivity contribution in [3.8, 4) is 5.75 Å². The van der Waals surface area contributed by atoms with Gasteiger partial charge in [0.1, 0.15) is 11.4 Å². The molecule has 0 spiro atoms. The summed E-state index contributed by atoms with van der Waals surface area (Å²) in [5.74, 6) is 0.630. The maximum atomic E-state index is 12.2. The minimum Gasteiger partial charge on any atom is -0.497 e. The zero-order valence-corrected chi connectivity index (χ0v) is 12.3. The number of rotatable bonds is 4. The molecule has 7 heteroatoms. The second kappa shape index (κ2) is 5.82. The first-order valence-electron chi connectivity index (χ1n) is 6.57. The third kappa shape index (κ3) is 2.96. The Bertz CT molecular complexity index is 777. The van der Waals surface area contributed by atoms with Gasteiger partial charge >= 0.3 is 5.69 Å². The van der Waals surface area contributed by atoms with Gasteiger partial charge in [0.2, 0.25) is 0 Å². The summed E-state index contributed by atoms with van der Waals surface area (Å²) in [7, 11) is 1.55. The van der Waals surface area contributed by atoms with Gasteiger partial charge in [0.25, 0.3) is 5.56 Å². The zero-order chi connectivity index (χ0) is 15.6. The Morgan fingerprint density at radius 2 is 2.05 bits per heavy atom. The van der Waals surface area contributed by atoms with E-state index in [0.717, 1.165) is 10.3 Å². The fraction of sp³-hybridized carbons (Fsp3) is 0.357. The average molecular weight is 290 g/mol. The lowest BCUT2D eigenvalue weighted by atomic mass is 10.3. The molecule has 21 heavy (non-hydrogen) atoms. The Kier molecular flexibility index (Phi) is 4.11. The van der Waals surface area contributed by atoms with Crippen molar-refractivity contribution in [2.24, 2.45) is 0 Å². The van der Waals surface area contributed by atoms with E-state index in [1.807, 2.05) is 13.8 Å². The van der Waals surface area contributed by atoms with Gasteiger partial charge in [-0.05, 0) is 13.8 Å². The maximum Gasteiger partial charge on any atom is 0.331 e. The van der Waals surface area contributed by atoms with E-state index in [2.05, 4.69) is 4.98 Å². The lowest BCUT2D eigenvalue weighted by molar-refractivity contribution is 0.412. The van der Waals surface area contributed by atoms with Gasteiger partial charge in [-0.3, -0.25) is 18.9 Å². The van der Waals surface area contributed by atoms with E-state index >= 15 is 0 Å². The molecule has 0 bridgehead atoms. The minimum atomic E-state index is -0.507.